The second-order valence-electron chi connectivity index (χ2n) is 9.77. The monoisotopic (exact) mass is 420 g/mol. The summed E-state index contributed by atoms with van der Waals surface area (Å²) in [6.45, 7) is 7.08. The van der Waals surface area contributed by atoms with E-state index in [1.165, 1.54) is 5.56 Å². The molecule has 0 aliphatic carbocycles. The number of hydrogen-bond donors (Lipinski definition) is 3. The summed E-state index contributed by atoms with van der Waals surface area (Å²) in [5, 5.41) is 28.7. The number of unbranched alkanes of at least 4 members (excludes halogenated alkanes) is 5. The largest absolute Gasteiger partial charge is 0.508 e. The zero-order valence-corrected chi connectivity index (χ0v) is 19.2. The van der Waals surface area contributed by atoms with Crippen molar-refractivity contribution in [2.75, 3.05) is 0 Å². The first-order valence-corrected chi connectivity index (χ1v) is 11.2. The molecule has 3 N–H and O–H groups in total. The van der Waals surface area contributed by atoms with Crippen molar-refractivity contribution in [2.24, 2.45) is 10.8 Å². The standard InChI is InChI=1S/C25H40O5/c1-24(2,22(27)28)17-10-6-5-8-13-19-14-12-16-21(26)20(19)15-9-7-11-18-25(3,4)23(29)30/h12,14,16,26H,5-11,13,15,17-18H2,1-4H3,(H,27,28)(H,29,30). The first-order valence-electron chi connectivity index (χ1n) is 11.2. The maximum absolute atomic E-state index is 11.2. The van der Waals surface area contributed by atoms with E-state index < -0.39 is 22.8 Å². The van der Waals surface area contributed by atoms with Crippen LogP contribution in [0.3, 0.4) is 0 Å². The van der Waals surface area contributed by atoms with Crippen LogP contribution < -0.4 is 0 Å². The Balaban J connectivity index is 2.40. The van der Waals surface area contributed by atoms with E-state index in [4.69, 9.17) is 5.11 Å². The number of phenols is 1. The Morgan fingerprint density at radius 2 is 1.20 bits per heavy atom. The molecule has 0 saturated heterocycles. The Hall–Kier alpha value is -2.04. The highest BCUT2D eigenvalue weighted by molar-refractivity contribution is 5.73. The van der Waals surface area contributed by atoms with Crippen LogP contribution in [0.2, 0.25) is 0 Å². The smallest absolute Gasteiger partial charge is 0.309 e. The lowest BCUT2D eigenvalue weighted by Gasteiger charge is -2.18. The number of carboxylic acid groups (broad SMARTS) is 2. The molecule has 0 amide bonds. The van der Waals surface area contributed by atoms with Crippen LogP contribution >= 0.6 is 0 Å². The summed E-state index contributed by atoms with van der Waals surface area (Å²) in [7, 11) is 0. The van der Waals surface area contributed by atoms with Crippen molar-refractivity contribution < 1.29 is 24.9 Å². The minimum atomic E-state index is -0.753. The first-order chi connectivity index (χ1) is 14.0. The van der Waals surface area contributed by atoms with Gasteiger partial charge in [0.05, 0.1) is 10.8 Å². The Kier molecular flexibility index (Phi) is 10.4. The van der Waals surface area contributed by atoms with Gasteiger partial charge < -0.3 is 15.3 Å². The molecule has 30 heavy (non-hydrogen) atoms. The van der Waals surface area contributed by atoms with Gasteiger partial charge in [0.15, 0.2) is 0 Å². The summed E-state index contributed by atoms with van der Waals surface area (Å²) < 4.78 is 0. The third kappa shape index (κ3) is 8.76. The molecular weight excluding hydrogens is 380 g/mol. The van der Waals surface area contributed by atoms with Crippen LogP contribution in [-0.4, -0.2) is 27.3 Å². The summed E-state index contributed by atoms with van der Waals surface area (Å²) in [5.74, 6) is -1.14. The molecule has 0 aromatic heterocycles. The van der Waals surface area contributed by atoms with E-state index in [1.54, 1.807) is 33.8 Å². The average Bonchev–Trinajstić information content (AvgIpc) is 2.65. The molecule has 0 aliphatic rings. The van der Waals surface area contributed by atoms with Gasteiger partial charge in [0.2, 0.25) is 0 Å². The Morgan fingerprint density at radius 1 is 0.733 bits per heavy atom. The number of hydrogen-bond acceptors (Lipinski definition) is 3. The molecule has 0 aliphatic heterocycles. The van der Waals surface area contributed by atoms with E-state index in [2.05, 4.69) is 6.07 Å². The van der Waals surface area contributed by atoms with Crippen molar-refractivity contribution in [1.82, 2.24) is 0 Å². The average molecular weight is 421 g/mol. The minimum Gasteiger partial charge on any atom is -0.508 e. The normalized spacial score (nSPS) is 12.1. The SMILES string of the molecule is CC(C)(CCCCCCc1cccc(O)c1CCCCCC(C)(C)C(=O)O)C(=O)O. The molecule has 0 atom stereocenters. The fourth-order valence-corrected chi connectivity index (χ4v) is 3.64. The third-order valence-corrected chi connectivity index (χ3v) is 6.13. The van der Waals surface area contributed by atoms with E-state index in [0.29, 0.717) is 18.6 Å². The molecule has 1 rings (SSSR count). The molecule has 0 bridgehead atoms. The molecule has 0 heterocycles. The molecule has 5 nitrogen and oxygen atoms in total. The molecule has 0 unspecified atom stereocenters. The summed E-state index contributed by atoms with van der Waals surface area (Å²) in [6, 6.07) is 5.70. The Morgan fingerprint density at radius 3 is 1.73 bits per heavy atom. The van der Waals surface area contributed by atoms with Crippen molar-refractivity contribution in [1.29, 1.82) is 0 Å². The van der Waals surface area contributed by atoms with Gasteiger partial charge in [-0.1, -0.05) is 44.2 Å². The van der Waals surface area contributed by atoms with E-state index in [1.807, 2.05) is 6.07 Å². The topological polar surface area (TPSA) is 94.8 Å². The lowest BCUT2D eigenvalue weighted by molar-refractivity contribution is -0.148. The van der Waals surface area contributed by atoms with Gasteiger partial charge in [-0.25, -0.2) is 0 Å². The van der Waals surface area contributed by atoms with Gasteiger partial charge >= 0.3 is 11.9 Å². The molecule has 1 aromatic rings. The van der Waals surface area contributed by atoms with Crippen LogP contribution in [0.5, 0.6) is 5.75 Å². The molecule has 0 radical (unpaired) electrons. The van der Waals surface area contributed by atoms with Crippen molar-refractivity contribution in [3.63, 3.8) is 0 Å². The highest BCUT2D eigenvalue weighted by Gasteiger charge is 2.26. The molecule has 5 heteroatoms. The van der Waals surface area contributed by atoms with Gasteiger partial charge in [-0.05, 0) is 83.4 Å². The lowest BCUT2D eigenvalue weighted by Crippen LogP contribution is -2.23. The Labute approximate surface area is 181 Å². The van der Waals surface area contributed by atoms with E-state index >= 15 is 0 Å². The molecule has 170 valence electrons. The maximum Gasteiger partial charge on any atom is 0.309 e. The quantitative estimate of drug-likeness (QED) is 0.293. The number of carboxylic acids is 2. The van der Waals surface area contributed by atoms with Crippen LogP contribution in [-0.2, 0) is 22.4 Å². The summed E-state index contributed by atoms with van der Waals surface area (Å²) in [5.41, 5.74) is 0.867. The summed E-state index contributed by atoms with van der Waals surface area (Å²) in [6.07, 6.45) is 9.84. The minimum absolute atomic E-state index is 0.349. The zero-order chi connectivity index (χ0) is 22.8. The van der Waals surface area contributed by atoms with Gasteiger partial charge in [0, 0.05) is 0 Å². The van der Waals surface area contributed by atoms with Crippen molar-refractivity contribution >= 4 is 11.9 Å². The Bertz CT molecular complexity index is 691. The first kappa shape index (κ1) is 26.0. The maximum atomic E-state index is 11.2. The van der Waals surface area contributed by atoms with Gasteiger partial charge in [-0.2, -0.15) is 0 Å². The number of aromatic hydroxyl groups is 1. The molecule has 0 fully saturated rings. The zero-order valence-electron chi connectivity index (χ0n) is 19.2. The molecule has 0 spiro atoms. The fraction of sp³-hybridized carbons (Fsp3) is 0.680. The van der Waals surface area contributed by atoms with Crippen molar-refractivity contribution in [3.8, 4) is 5.75 Å². The van der Waals surface area contributed by atoms with Gasteiger partial charge in [-0.15, -0.1) is 0 Å². The molecule has 1 aromatic carbocycles. The van der Waals surface area contributed by atoms with E-state index in [9.17, 15) is 19.8 Å². The van der Waals surface area contributed by atoms with Gasteiger partial charge in [0.25, 0.3) is 0 Å². The lowest BCUT2D eigenvalue weighted by atomic mass is 9.86. The van der Waals surface area contributed by atoms with Gasteiger partial charge in [-0.3, -0.25) is 9.59 Å². The van der Waals surface area contributed by atoms with E-state index in [-0.39, 0.29) is 0 Å². The van der Waals surface area contributed by atoms with Crippen LogP contribution in [0.15, 0.2) is 18.2 Å². The number of rotatable bonds is 15. The van der Waals surface area contributed by atoms with Crippen molar-refractivity contribution in [2.45, 2.75) is 98.3 Å². The highest BCUT2D eigenvalue weighted by atomic mass is 16.4. The third-order valence-electron chi connectivity index (χ3n) is 6.13. The van der Waals surface area contributed by atoms with E-state index in [0.717, 1.165) is 63.4 Å². The predicted octanol–water partition coefficient (Wildman–Crippen LogP) is 6.21. The van der Waals surface area contributed by atoms with Crippen LogP contribution in [0.1, 0.15) is 96.6 Å². The fourth-order valence-electron chi connectivity index (χ4n) is 3.64. The molecule has 0 saturated carbocycles. The number of aryl methyl sites for hydroxylation is 1. The number of benzene rings is 1. The number of carbonyl (C=O) groups is 2. The highest BCUT2D eigenvalue weighted by Crippen LogP contribution is 2.28. The predicted molar refractivity (Wildman–Crippen MR) is 120 cm³/mol. The van der Waals surface area contributed by atoms with Crippen LogP contribution in [0.25, 0.3) is 0 Å². The summed E-state index contributed by atoms with van der Waals surface area (Å²) >= 11 is 0. The van der Waals surface area contributed by atoms with Crippen LogP contribution in [0, 0.1) is 10.8 Å². The number of aliphatic carboxylic acids is 2. The second kappa shape index (κ2) is 12.0. The van der Waals surface area contributed by atoms with Crippen molar-refractivity contribution in [3.05, 3.63) is 29.3 Å². The van der Waals surface area contributed by atoms with Gasteiger partial charge in [0.1, 0.15) is 5.75 Å². The van der Waals surface area contributed by atoms with Crippen LogP contribution in [0.4, 0.5) is 0 Å². The summed E-state index contributed by atoms with van der Waals surface area (Å²) in [4.78, 5) is 22.3. The second-order valence-corrected chi connectivity index (χ2v) is 9.77. The molecular formula is C25H40O5. The number of phenolic OH excluding ortho intramolecular Hbond substituents is 1.